The molecule has 1 nitrogen and oxygen atoms in total. The van der Waals surface area contributed by atoms with Gasteiger partial charge in [0.25, 0.3) is 0 Å². The summed E-state index contributed by atoms with van der Waals surface area (Å²) in [4.78, 5) is 0. The van der Waals surface area contributed by atoms with Gasteiger partial charge in [0, 0.05) is 6.15 Å². The van der Waals surface area contributed by atoms with E-state index in [9.17, 15) is 0 Å². The maximum Gasteiger partial charge on any atom is 0 e. The second-order valence-corrected chi connectivity index (χ2v) is 0. The molecule has 0 bridgehead atoms. The van der Waals surface area contributed by atoms with Gasteiger partial charge in [0.15, 0.2) is 0 Å². The molecule has 0 fully saturated rings. The number of rotatable bonds is 0. The molecule has 4 heavy (non-hydrogen) atoms. The van der Waals surface area contributed by atoms with Gasteiger partial charge in [-0.1, -0.05) is 0 Å². The molecule has 0 saturated carbocycles. The monoisotopic (exact) mass is 106 g/mol. The zero-order valence-corrected chi connectivity index (χ0v) is 3.30. The first-order chi connectivity index (χ1) is 0. The van der Waals surface area contributed by atoms with E-state index in [2.05, 4.69) is 0 Å². The highest BCUT2D eigenvalue weighted by Gasteiger charge is 0.0000176. The fourth-order valence-electron chi connectivity index (χ4n) is 0. The van der Waals surface area contributed by atoms with E-state index in [0.29, 0.717) is 0 Å². The van der Waals surface area contributed by atoms with Crippen LogP contribution in [0.4, 0.5) is 4.70 Å². The lowest BCUT2D eigenvalue weighted by atomic mass is 14.0. The third kappa shape index (κ3) is 24.2. The molecule has 0 aromatic carbocycles. The third-order valence-corrected chi connectivity index (χ3v) is 0. The van der Waals surface area contributed by atoms with E-state index in [1.165, 1.54) is 0 Å². The Morgan fingerprint density at radius 1 is 0.750 bits per heavy atom. The highest BCUT2D eigenvalue weighted by Crippen LogP contribution is 0.691. The lowest BCUT2D eigenvalue weighted by Crippen LogP contribution is -0.481. The van der Waals surface area contributed by atoms with E-state index < -0.39 is 0 Å². The van der Waals surface area contributed by atoms with E-state index in [1.54, 1.807) is 0 Å². The summed E-state index contributed by atoms with van der Waals surface area (Å²) in [5.74, 6) is 0. The van der Waals surface area contributed by atoms with Crippen LogP contribution in [0.1, 0.15) is 0 Å². The van der Waals surface area contributed by atoms with Crippen LogP contribution in [0.25, 0.3) is 0 Å². The van der Waals surface area contributed by atoms with Crippen LogP contribution in [-0.4, -0.2) is 0 Å². The lowest BCUT2D eigenvalue weighted by molar-refractivity contribution is 1.11. The van der Waals surface area contributed by atoms with Crippen LogP contribution >= 0.6 is 24.8 Å². The van der Waals surface area contributed by atoms with Crippen molar-refractivity contribution in [2.75, 3.05) is 0 Å². The molecule has 0 aliphatic rings. The number of hydrogen-bond acceptors (Lipinski definition) is 0. The summed E-state index contributed by atoms with van der Waals surface area (Å²) in [6.45, 7) is 0. The molecule has 4 heteroatoms. The Labute approximate surface area is 36.5 Å². The highest BCUT2D eigenvalue weighted by molar-refractivity contribution is 5.85. The molecule has 0 spiro atoms. The molecular weight excluding hydrogens is 104 g/mol. The summed E-state index contributed by atoms with van der Waals surface area (Å²) in [6.07, 6.45) is 0. The molecule has 0 aromatic rings. The summed E-state index contributed by atoms with van der Waals surface area (Å²) in [5.41, 5.74) is 0. The van der Waals surface area contributed by atoms with Crippen molar-refractivity contribution in [2.24, 2.45) is 0 Å². The van der Waals surface area contributed by atoms with Crippen LogP contribution in [0.2, 0.25) is 0 Å². The predicted molar refractivity (Wildman–Crippen MR) is 19.1 cm³/mol. The zero-order chi connectivity index (χ0) is 0. The van der Waals surface area contributed by atoms with Gasteiger partial charge < -0.3 is 0 Å². The average molecular weight is 107 g/mol. The van der Waals surface area contributed by atoms with E-state index >= 15 is 0 Å². The predicted octanol–water partition coefficient (Wildman–Crippen LogP) is 0.515. The van der Waals surface area contributed by atoms with Gasteiger partial charge >= 0.3 is 0 Å². The second-order valence-electron chi connectivity index (χ2n) is 0. The Morgan fingerprint density at radius 3 is 0.750 bits per heavy atom. The van der Waals surface area contributed by atoms with E-state index in [1.807, 2.05) is 0 Å². The normalized spacial score (nSPS) is 0. The molecule has 0 aliphatic heterocycles. The van der Waals surface area contributed by atoms with Crippen LogP contribution in [0.5, 0.6) is 0 Å². The Kier molecular flexibility index (Phi) is 5840. The van der Waals surface area contributed by atoms with Crippen molar-refractivity contribution in [1.29, 1.82) is 0 Å². The topological polar surface area (TPSA) is 30.5 Å². The fourth-order valence-corrected chi connectivity index (χ4v) is 0. The SMILES string of the molecule is Cl.Cl.F.[N]. The first-order valence-electron chi connectivity index (χ1n) is 0. The molecule has 0 amide bonds. The average Bonchev–Trinajstić information content (AvgIpc) is 0. The minimum Gasteiger partial charge on any atom is -0.269 e. The quantitative estimate of drug-likeness (QED) is 0.432. The maximum absolute atomic E-state index is 0. The van der Waals surface area contributed by atoms with Gasteiger partial charge in [-0.2, -0.15) is 0 Å². The molecule has 0 rings (SSSR count). The van der Waals surface area contributed by atoms with Gasteiger partial charge in [-0.3, -0.25) is 4.70 Å². The van der Waals surface area contributed by atoms with E-state index in [-0.39, 0.29) is 35.7 Å². The molecule has 3 radical (unpaired) electrons. The largest absolute Gasteiger partial charge is 0.269 e. The minimum absolute atomic E-state index is 0. The molecule has 0 aromatic heterocycles. The smallest absolute Gasteiger partial charge is 0 e. The first kappa shape index (κ1) is 244. The Hall–Kier alpha value is 0.470. The molecule has 0 aliphatic carbocycles. The van der Waals surface area contributed by atoms with Crippen LogP contribution in [-0.2, 0) is 0 Å². The lowest BCUT2D eigenvalue weighted by Gasteiger charge is -0.269. The standard InChI is InChI=1S/2ClH.FH.N/h3*1H;. The first-order valence-corrected chi connectivity index (χ1v) is 0. The zero-order valence-electron chi connectivity index (χ0n) is 1.67. The second kappa shape index (κ2) is 95.8. The molecule has 0 atom stereocenters. The van der Waals surface area contributed by atoms with E-state index in [4.69, 9.17) is 0 Å². The van der Waals surface area contributed by atoms with Crippen LogP contribution in [0.15, 0.2) is 0 Å². The summed E-state index contributed by atoms with van der Waals surface area (Å²) < 4.78 is 0. The van der Waals surface area contributed by atoms with Crippen molar-refractivity contribution in [1.82, 2.24) is 6.15 Å². The van der Waals surface area contributed by atoms with Crippen LogP contribution < -0.4 is 6.15 Å². The van der Waals surface area contributed by atoms with Crippen molar-refractivity contribution < 1.29 is 4.70 Å². The van der Waals surface area contributed by atoms with Crippen molar-refractivity contribution in [3.05, 3.63) is 0 Å². The minimum atomic E-state index is 0. The van der Waals surface area contributed by atoms with Crippen molar-refractivity contribution in [2.45, 2.75) is 0 Å². The van der Waals surface area contributed by atoms with Crippen molar-refractivity contribution in [3.8, 4) is 0 Å². The summed E-state index contributed by atoms with van der Waals surface area (Å²) in [6, 6.07) is 0. The van der Waals surface area contributed by atoms with Gasteiger partial charge in [0.1, 0.15) is 0 Å². The van der Waals surface area contributed by atoms with Crippen molar-refractivity contribution >= 4 is 24.8 Å². The highest BCUT2D eigenvalue weighted by atomic mass is 35.5. The van der Waals surface area contributed by atoms with Crippen molar-refractivity contribution in [3.63, 3.8) is 0 Å². The van der Waals surface area contributed by atoms with E-state index in [0.717, 1.165) is 0 Å². The molecule has 0 unspecified atom stereocenters. The number of halogens is 3. The van der Waals surface area contributed by atoms with Gasteiger partial charge in [0.05, 0.1) is 0 Å². The number of hydrogen-bond donors (Lipinski definition) is 0. The summed E-state index contributed by atoms with van der Waals surface area (Å²) >= 11 is 0. The van der Waals surface area contributed by atoms with Gasteiger partial charge in [-0.05, 0) is 0 Å². The Morgan fingerprint density at radius 2 is 0.750 bits per heavy atom. The molecule has 0 heterocycles. The summed E-state index contributed by atoms with van der Waals surface area (Å²) in [5, 5.41) is 0. The fraction of sp³-hybridized carbons (Fsp3) is 0. The van der Waals surface area contributed by atoms with Gasteiger partial charge in [-0.25, -0.2) is 0 Å². The molecule has 29 valence electrons. The number of nitrogens with zero attached hydrogens (tertiary/aromatic N) is 1. The Bertz CT molecular complexity index is 6.00. The molecular formula is H3Cl2FN. The summed E-state index contributed by atoms with van der Waals surface area (Å²) in [7, 11) is 0. The molecule has 0 saturated heterocycles. The Balaban J connectivity index is 0. The third-order valence-electron chi connectivity index (χ3n) is 0. The van der Waals surface area contributed by atoms with Gasteiger partial charge in [0.2, 0.25) is 0 Å². The van der Waals surface area contributed by atoms with Crippen LogP contribution in [0.3, 0.4) is 0 Å². The van der Waals surface area contributed by atoms with Crippen LogP contribution in [0, 0.1) is 0 Å². The molecule has 0 N–H and O–H groups in total. The van der Waals surface area contributed by atoms with Gasteiger partial charge in [-0.15, -0.1) is 24.8 Å². The maximum atomic E-state index is 0.